The van der Waals surface area contributed by atoms with Crippen molar-refractivity contribution in [2.75, 3.05) is 31.6 Å². The van der Waals surface area contributed by atoms with Crippen LogP contribution in [0.15, 0.2) is 45.4 Å². The number of thioether (sulfide) groups is 1. The lowest BCUT2D eigenvalue weighted by Crippen LogP contribution is -2.60. The first kappa shape index (κ1) is 52.8. The molecule has 1 heterocycles. The molecule has 0 radical (unpaired) electrons. The SMILES string of the molecule is CSCC[C@H](NC(=O)[C@@H](NC(=O)[C@H](Cc1c[nH]c2ccccc12)NC(=O)[C@H](CCCN=C(N)N)NC(=O)[C@H](CCCN=C(N)N)NC(=O)[C@@H](N)CCCN=C(N)N)C(C)C)C(=O)O. The third-order valence-electron chi connectivity index (χ3n) is 9.66. The van der Waals surface area contributed by atoms with Crippen molar-refractivity contribution in [3.05, 3.63) is 36.0 Å². The van der Waals surface area contributed by atoms with Gasteiger partial charge in [0.1, 0.15) is 30.2 Å². The molecule has 0 saturated heterocycles. The van der Waals surface area contributed by atoms with Crippen LogP contribution in [-0.2, 0) is 35.2 Å². The van der Waals surface area contributed by atoms with Crippen LogP contribution in [0, 0.1) is 5.92 Å². The molecule has 0 aliphatic heterocycles. The Morgan fingerprint density at radius 2 is 1.13 bits per heavy atom. The highest BCUT2D eigenvalue weighted by Gasteiger charge is 2.34. The summed E-state index contributed by atoms with van der Waals surface area (Å²) in [6.07, 6.45) is 4.66. The maximum absolute atomic E-state index is 14.3. The molecule has 23 nitrogen and oxygen atoms in total. The Morgan fingerprint density at radius 1 is 0.651 bits per heavy atom. The number of aliphatic imine (C=N–C) groups is 3. The number of carboxylic acids is 1. The molecule has 24 heteroatoms. The summed E-state index contributed by atoms with van der Waals surface area (Å²) in [5.41, 5.74) is 40.3. The van der Waals surface area contributed by atoms with Crippen LogP contribution in [0.5, 0.6) is 0 Å². The van der Waals surface area contributed by atoms with Crippen LogP contribution in [-0.4, -0.2) is 131 Å². The van der Waals surface area contributed by atoms with Crippen molar-refractivity contribution >= 4 is 76.0 Å². The second kappa shape index (κ2) is 27.6. The summed E-state index contributed by atoms with van der Waals surface area (Å²) in [5, 5.41) is 23.9. The van der Waals surface area contributed by atoms with Gasteiger partial charge in [0.2, 0.25) is 29.5 Å². The number of rotatable bonds is 29. The number of nitrogens with zero attached hydrogens (tertiary/aromatic N) is 3. The molecule has 63 heavy (non-hydrogen) atoms. The maximum Gasteiger partial charge on any atom is 0.326 e. The molecule has 1 aromatic heterocycles. The van der Waals surface area contributed by atoms with E-state index in [2.05, 4.69) is 46.5 Å². The zero-order chi connectivity index (χ0) is 47.1. The van der Waals surface area contributed by atoms with E-state index in [0.717, 1.165) is 10.9 Å². The third kappa shape index (κ3) is 19.5. The normalized spacial score (nSPS) is 13.9. The Hall–Kier alpha value is -6.30. The number of amides is 5. The number of nitrogens with one attached hydrogen (secondary N) is 6. The predicted octanol–water partition coefficient (Wildman–Crippen LogP) is -2.88. The first-order valence-electron chi connectivity index (χ1n) is 20.5. The molecule has 2 aromatic rings. The lowest BCUT2D eigenvalue weighted by Gasteiger charge is -2.28. The van der Waals surface area contributed by atoms with E-state index in [9.17, 15) is 33.9 Å². The van der Waals surface area contributed by atoms with Gasteiger partial charge >= 0.3 is 5.97 Å². The van der Waals surface area contributed by atoms with Crippen LogP contribution in [0.2, 0.25) is 0 Å². The van der Waals surface area contributed by atoms with Crippen molar-refractivity contribution in [2.45, 2.75) is 101 Å². The fourth-order valence-corrected chi connectivity index (χ4v) is 6.76. The van der Waals surface area contributed by atoms with Gasteiger partial charge < -0.3 is 76.8 Å². The third-order valence-corrected chi connectivity index (χ3v) is 10.3. The number of carboxylic acid groups (broad SMARTS) is 1. The number of aromatic amines is 1. The van der Waals surface area contributed by atoms with Gasteiger partial charge in [-0.2, -0.15) is 11.8 Å². The van der Waals surface area contributed by atoms with E-state index >= 15 is 0 Å². The maximum atomic E-state index is 14.3. The average molecular weight is 903 g/mol. The molecule has 0 fully saturated rings. The van der Waals surface area contributed by atoms with Gasteiger partial charge in [0, 0.05) is 43.2 Å². The van der Waals surface area contributed by atoms with Gasteiger partial charge in [-0.15, -0.1) is 0 Å². The first-order valence-corrected chi connectivity index (χ1v) is 21.9. The van der Waals surface area contributed by atoms with Gasteiger partial charge in [-0.25, -0.2) is 4.79 Å². The van der Waals surface area contributed by atoms with E-state index < -0.39 is 77.7 Å². The molecular formula is C39H66N16O7S. The molecule has 0 spiro atoms. The molecule has 6 atom stereocenters. The zero-order valence-electron chi connectivity index (χ0n) is 36.1. The predicted molar refractivity (Wildman–Crippen MR) is 245 cm³/mol. The highest BCUT2D eigenvalue weighted by molar-refractivity contribution is 7.98. The average Bonchev–Trinajstić information content (AvgIpc) is 3.63. The minimum absolute atomic E-state index is 0.0155. The fraction of sp³-hybridized carbons (Fsp3) is 0.564. The number of carbonyl (C=O) groups is 6. The topological polar surface area (TPSA) is 418 Å². The molecule has 0 bridgehead atoms. The molecule has 0 unspecified atom stereocenters. The summed E-state index contributed by atoms with van der Waals surface area (Å²) in [5.74, 6) is -5.33. The summed E-state index contributed by atoms with van der Waals surface area (Å²) in [6.45, 7) is 3.82. The van der Waals surface area contributed by atoms with Crippen LogP contribution in [0.4, 0.5) is 0 Å². The number of hydrogen-bond donors (Lipinski definition) is 14. The van der Waals surface area contributed by atoms with Crippen molar-refractivity contribution in [1.29, 1.82) is 0 Å². The standard InChI is InChI=1S/C39H66N16O7S/c1-21(2)30(35(60)53-28(36(61)62)14-18-63-3)55-34(59)29(19-22-20-50-25-11-5-4-9-23(22)25)54-33(58)27(13-8-17-49-39(45)46)52-32(57)26(12-7-16-48-38(43)44)51-31(56)24(40)10-6-15-47-37(41)42/h4-5,9,11,20-21,24,26-30,50H,6-8,10,12-19,40H2,1-3H3,(H,51,56)(H,52,57)(H,53,60)(H,54,58)(H,55,59)(H,61,62)(H4,41,42,47)(H4,43,44,48)(H4,45,46,49)/t24-,26-,27-,28-,29-,30-/m0/s1. The van der Waals surface area contributed by atoms with Crippen molar-refractivity contribution in [2.24, 2.45) is 61.0 Å². The second-order valence-electron chi connectivity index (χ2n) is 15.1. The summed E-state index contributed by atoms with van der Waals surface area (Å²) < 4.78 is 0. The molecule has 2 rings (SSSR count). The van der Waals surface area contributed by atoms with Crippen LogP contribution >= 0.6 is 11.8 Å². The number of guanidine groups is 3. The monoisotopic (exact) mass is 903 g/mol. The molecular weight excluding hydrogens is 837 g/mol. The Labute approximate surface area is 370 Å². The van der Waals surface area contributed by atoms with Gasteiger partial charge in [-0.05, 0) is 74.5 Å². The van der Waals surface area contributed by atoms with Gasteiger partial charge in [0.05, 0.1) is 6.04 Å². The lowest BCUT2D eigenvalue weighted by molar-refractivity contribution is -0.142. The van der Waals surface area contributed by atoms with Crippen molar-refractivity contribution in [3.8, 4) is 0 Å². The van der Waals surface area contributed by atoms with E-state index in [-0.39, 0.29) is 82.5 Å². The van der Waals surface area contributed by atoms with Gasteiger partial charge in [0.25, 0.3) is 0 Å². The smallest absolute Gasteiger partial charge is 0.326 e. The number of H-pyrrole nitrogens is 1. The number of hydrogen-bond acceptors (Lipinski definition) is 11. The van der Waals surface area contributed by atoms with E-state index in [1.54, 1.807) is 20.0 Å². The highest BCUT2D eigenvalue weighted by Crippen LogP contribution is 2.20. The Bertz CT molecular complexity index is 1910. The summed E-state index contributed by atoms with van der Waals surface area (Å²) in [6, 6.07) is 0.0982. The first-order chi connectivity index (χ1) is 29.8. The van der Waals surface area contributed by atoms with Crippen LogP contribution in [0.1, 0.15) is 64.4 Å². The molecule has 350 valence electrons. The molecule has 21 N–H and O–H groups in total. The van der Waals surface area contributed by atoms with E-state index in [1.807, 2.05) is 30.5 Å². The quantitative estimate of drug-likeness (QED) is 0.0222. The number of para-hydroxylation sites is 1. The number of carbonyl (C=O) groups excluding carboxylic acids is 5. The largest absolute Gasteiger partial charge is 0.480 e. The van der Waals surface area contributed by atoms with Crippen molar-refractivity contribution < 1.29 is 33.9 Å². The lowest BCUT2D eigenvalue weighted by atomic mass is 9.99. The Kier molecular flexibility index (Phi) is 23.2. The number of aromatic nitrogens is 1. The second-order valence-corrected chi connectivity index (χ2v) is 16.1. The summed E-state index contributed by atoms with van der Waals surface area (Å²) in [7, 11) is 0. The molecule has 5 amide bonds. The number of aliphatic carboxylic acids is 1. The molecule has 0 aliphatic carbocycles. The molecule has 0 saturated carbocycles. The van der Waals surface area contributed by atoms with Gasteiger partial charge in [-0.1, -0.05) is 32.0 Å². The Morgan fingerprint density at radius 3 is 1.63 bits per heavy atom. The summed E-state index contributed by atoms with van der Waals surface area (Å²) in [4.78, 5) is 96.3. The van der Waals surface area contributed by atoms with Gasteiger partial charge in [0.15, 0.2) is 17.9 Å². The molecule has 1 aromatic carbocycles. The van der Waals surface area contributed by atoms with E-state index in [4.69, 9.17) is 40.1 Å². The minimum atomic E-state index is -1.32. The number of benzene rings is 1. The molecule has 0 aliphatic rings. The van der Waals surface area contributed by atoms with Crippen molar-refractivity contribution in [3.63, 3.8) is 0 Å². The zero-order valence-corrected chi connectivity index (χ0v) is 36.9. The van der Waals surface area contributed by atoms with Gasteiger partial charge in [-0.3, -0.25) is 38.9 Å². The summed E-state index contributed by atoms with van der Waals surface area (Å²) >= 11 is 1.42. The number of nitrogens with two attached hydrogens (primary N) is 7. The highest BCUT2D eigenvalue weighted by atomic mass is 32.2. The van der Waals surface area contributed by atoms with E-state index in [1.165, 1.54) is 11.8 Å². The van der Waals surface area contributed by atoms with E-state index in [0.29, 0.717) is 17.7 Å². The van der Waals surface area contributed by atoms with Crippen molar-refractivity contribution in [1.82, 2.24) is 31.6 Å². The van der Waals surface area contributed by atoms with Crippen LogP contribution in [0.25, 0.3) is 10.9 Å². The fourth-order valence-electron chi connectivity index (χ4n) is 6.29. The van der Waals surface area contributed by atoms with Crippen LogP contribution in [0.3, 0.4) is 0 Å². The minimum Gasteiger partial charge on any atom is -0.480 e. The number of fused-ring (bicyclic) bond motifs is 1. The Balaban J connectivity index is 2.48. The van der Waals surface area contributed by atoms with Crippen LogP contribution < -0.4 is 66.7 Å².